The molecule has 2 aromatic carbocycles. The largest absolute Gasteiger partial charge is 0.313 e. The summed E-state index contributed by atoms with van der Waals surface area (Å²) in [6.45, 7) is 0. The highest BCUT2D eigenvalue weighted by Crippen LogP contribution is 2.44. The lowest BCUT2D eigenvalue weighted by atomic mass is 10.1. The Balaban J connectivity index is 2.04. The van der Waals surface area contributed by atoms with Crippen molar-refractivity contribution in [3.05, 3.63) is 73.8 Å². The Morgan fingerprint density at radius 1 is 1.00 bits per heavy atom. The highest BCUT2D eigenvalue weighted by molar-refractivity contribution is 7.90. The number of halogens is 4. The van der Waals surface area contributed by atoms with Crippen LogP contribution in [0, 0.1) is 0 Å². The second kappa shape index (κ2) is 7.80. The van der Waals surface area contributed by atoms with Crippen molar-refractivity contribution in [3.8, 4) is 11.3 Å². The monoisotopic (exact) mass is 488 g/mol. The van der Waals surface area contributed by atoms with Gasteiger partial charge in [0, 0.05) is 27.8 Å². The third-order valence-electron chi connectivity index (χ3n) is 5.13. The first kappa shape index (κ1) is 21.0. The maximum atomic E-state index is 13.6. The zero-order chi connectivity index (χ0) is 20.9. The average molecular weight is 490 g/mol. The Labute approximate surface area is 189 Å². The SMILES string of the molecule is CNC1CCc2c1cn(S(=O)(=O)c1cc(Cl)ccc1Cl)c2-c1cc(Cl)ccc1Cl. The highest BCUT2D eigenvalue weighted by Gasteiger charge is 2.34. The molecule has 1 atom stereocenters. The van der Waals surface area contributed by atoms with Crippen LogP contribution < -0.4 is 5.32 Å². The molecule has 1 unspecified atom stereocenters. The van der Waals surface area contributed by atoms with Crippen LogP contribution in [0.1, 0.15) is 23.6 Å². The molecule has 29 heavy (non-hydrogen) atoms. The number of benzene rings is 2. The van der Waals surface area contributed by atoms with Gasteiger partial charge in [-0.05, 0) is 67.4 Å². The number of nitrogens with one attached hydrogen (secondary N) is 1. The molecule has 0 aliphatic heterocycles. The lowest BCUT2D eigenvalue weighted by molar-refractivity contribution is 0.579. The normalized spacial score (nSPS) is 16.2. The smallest absolute Gasteiger partial charge is 0.269 e. The van der Waals surface area contributed by atoms with Gasteiger partial charge < -0.3 is 5.32 Å². The predicted molar refractivity (Wildman–Crippen MR) is 119 cm³/mol. The minimum absolute atomic E-state index is 0.0491. The second-order valence-electron chi connectivity index (χ2n) is 6.79. The molecule has 1 aromatic heterocycles. The van der Waals surface area contributed by atoms with E-state index in [2.05, 4.69) is 5.32 Å². The lowest BCUT2D eigenvalue weighted by Crippen LogP contribution is -2.16. The molecule has 152 valence electrons. The number of nitrogens with zero attached hydrogens (tertiary/aromatic N) is 1. The first-order chi connectivity index (χ1) is 13.7. The van der Waals surface area contributed by atoms with E-state index in [0.717, 1.165) is 17.5 Å². The molecule has 1 aliphatic carbocycles. The molecule has 0 bridgehead atoms. The highest BCUT2D eigenvalue weighted by atomic mass is 35.5. The maximum Gasteiger partial charge on any atom is 0.269 e. The van der Waals surface area contributed by atoms with Crippen molar-refractivity contribution in [2.24, 2.45) is 0 Å². The van der Waals surface area contributed by atoms with Crippen LogP contribution in [-0.4, -0.2) is 19.4 Å². The van der Waals surface area contributed by atoms with Gasteiger partial charge >= 0.3 is 0 Å². The van der Waals surface area contributed by atoms with Crippen LogP contribution >= 0.6 is 46.4 Å². The summed E-state index contributed by atoms with van der Waals surface area (Å²) in [6, 6.07) is 9.42. The predicted octanol–water partition coefficient (Wildman–Crippen LogP) is 6.21. The van der Waals surface area contributed by atoms with E-state index in [1.807, 2.05) is 7.05 Å². The first-order valence-electron chi connectivity index (χ1n) is 8.81. The van der Waals surface area contributed by atoms with E-state index in [9.17, 15) is 8.42 Å². The molecule has 1 heterocycles. The third kappa shape index (κ3) is 3.58. The molecule has 1 N–H and O–H groups in total. The number of fused-ring (bicyclic) bond motifs is 1. The van der Waals surface area contributed by atoms with Crippen molar-refractivity contribution in [1.82, 2.24) is 9.29 Å². The average Bonchev–Trinajstić information content (AvgIpc) is 3.25. The van der Waals surface area contributed by atoms with Gasteiger partial charge in [0.1, 0.15) is 4.90 Å². The van der Waals surface area contributed by atoms with Crippen LogP contribution in [-0.2, 0) is 16.4 Å². The Bertz CT molecular complexity index is 1220. The van der Waals surface area contributed by atoms with Gasteiger partial charge in [-0.15, -0.1) is 0 Å². The molecule has 0 fully saturated rings. The summed E-state index contributed by atoms with van der Waals surface area (Å²) in [6.07, 6.45) is 3.22. The molecule has 0 radical (unpaired) electrons. The van der Waals surface area contributed by atoms with E-state index in [-0.39, 0.29) is 21.0 Å². The fraction of sp³-hybridized carbons (Fsp3) is 0.200. The van der Waals surface area contributed by atoms with Crippen LogP contribution in [0.15, 0.2) is 47.5 Å². The summed E-state index contributed by atoms with van der Waals surface area (Å²) in [4.78, 5) is -0.0688. The van der Waals surface area contributed by atoms with E-state index in [0.29, 0.717) is 27.7 Å². The number of rotatable bonds is 4. The second-order valence-corrected chi connectivity index (χ2v) is 10.3. The molecule has 3 aromatic rings. The molecule has 0 saturated carbocycles. The van der Waals surface area contributed by atoms with Crippen LogP contribution in [0.5, 0.6) is 0 Å². The Kier molecular flexibility index (Phi) is 5.66. The zero-order valence-electron chi connectivity index (χ0n) is 15.2. The standard InChI is InChI=1S/C20H16Cl4N2O2S/c1-25-18-7-4-13-15(18)10-26(20(13)14-8-11(21)2-5-16(14)23)29(27,28)19-9-12(22)3-6-17(19)24/h2-3,5-6,8-10,18,25H,4,7H2,1H3. The quantitative estimate of drug-likeness (QED) is 0.473. The van der Waals surface area contributed by atoms with Gasteiger partial charge in [-0.2, -0.15) is 0 Å². The topological polar surface area (TPSA) is 51.1 Å². The summed E-state index contributed by atoms with van der Waals surface area (Å²) >= 11 is 24.9. The molecule has 9 heteroatoms. The summed E-state index contributed by atoms with van der Waals surface area (Å²) in [7, 11) is -2.19. The fourth-order valence-corrected chi connectivity index (χ4v) is 6.31. The van der Waals surface area contributed by atoms with Crippen molar-refractivity contribution in [2.45, 2.75) is 23.8 Å². The van der Waals surface area contributed by atoms with Gasteiger partial charge in [-0.25, -0.2) is 12.4 Å². The van der Waals surface area contributed by atoms with Gasteiger partial charge in [-0.1, -0.05) is 46.4 Å². The molecule has 4 rings (SSSR count). The fourth-order valence-electron chi connectivity index (χ4n) is 3.78. The molecule has 0 spiro atoms. The summed E-state index contributed by atoms with van der Waals surface area (Å²) in [5, 5.41) is 4.49. The minimum atomic E-state index is -4.04. The van der Waals surface area contributed by atoms with Crippen molar-refractivity contribution < 1.29 is 8.42 Å². The third-order valence-corrected chi connectivity index (χ3v) is 8.07. The molecular weight excluding hydrogens is 474 g/mol. The summed E-state index contributed by atoms with van der Waals surface area (Å²) in [5.74, 6) is 0. The Hall–Kier alpha value is -1.21. The van der Waals surface area contributed by atoms with Crippen molar-refractivity contribution in [3.63, 3.8) is 0 Å². The van der Waals surface area contributed by atoms with E-state index < -0.39 is 10.0 Å². The Morgan fingerprint density at radius 2 is 1.66 bits per heavy atom. The van der Waals surface area contributed by atoms with Crippen LogP contribution in [0.3, 0.4) is 0 Å². The van der Waals surface area contributed by atoms with E-state index in [1.165, 1.54) is 16.1 Å². The van der Waals surface area contributed by atoms with Gasteiger partial charge in [0.05, 0.1) is 15.7 Å². The Morgan fingerprint density at radius 3 is 2.34 bits per heavy atom. The number of hydrogen-bond acceptors (Lipinski definition) is 3. The molecular formula is C20H16Cl4N2O2S. The summed E-state index contributed by atoms with van der Waals surface area (Å²) in [5.41, 5.74) is 2.90. The van der Waals surface area contributed by atoms with Crippen molar-refractivity contribution >= 4 is 56.4 Å². The molecule has 4 nitrogen and oxygen atoms in total. The number of aromatic nitrogens is 1. The van der Waals surface area contributed by atoms with Gasteiger partial charge in [0.2, 0.25) is 0 Å². The molecule has 0 saturated heterocycles. The molecule has 0 amide bonds. The van der Waals surface area contributed by atoms with Gasteiger partial charge in [0.15, 0.2) is 0 Å². The van der Waals surface area contributed by atoms with E-state index in [1.54, 1.807) is 30.5 Å². The van der Waals surface area contributed by atoms with Gasteiger partial charge in [0.25, 0.3) is 10.0 Å². The van der Waals surface area contributed by atoms with Crippen LogP contribution in [0.25, 0.3) is 11.3 Å². The first-order valence-corrected chi connectivity index (χ1v) is 11.8. The minimum Gasteiger partial charge on any atom is -0.313 e. The molecule has 1 aliphatic rings. The van der Waals surface area contributed by atoms with E-state index in [4.69, 9.17) is 46.4 Å². The van der Waals surface area contributed by atoms with Gasteiger partial charge in [-0.3, -0.25) is 0 Å². The van der Waals surface area contributed by atoms with Crippen molar-refractivity contribution in [1.29, 1.82) is 0 Å². The van der Waals surface area contributed by atoms with Crippen LogP contribution in [0.4, 0.5) is 0 Å². The van der Waals surface area contributed by atoms with E-state index >= 15 is 0 Å². The lowest BCUT2D eigenvalue weighted by Gasteiger charge is -2.15. The zero-order valence-corrected chi connectivity index (χ0v) is 19.1. The number of hydrogen-bond donors (Lipinski definition) is 1. The van der Waals surface area contributed by atoms with Crippen LogP contribution in [0.2, 0.25) is 20.1 Å². The van der Waals surface area contributed by atoms with Crippen molar-refractivity contribution in [2.75, 3.05) is 7.05 Å². The maximum absolute atomic E-state index is 13.6. The summed E-state index contributed by atoms with van der Waals surface area (Å²) < 4.78 is 28.5.